The van der Waals surface area contributed by atoms with Gasteiger partial charge in [-0.25, -0.2) is 9.37 Å². The van der Waals surface area contributed by atoms with E-state index in [1.165, 1.54) is 30.6 Å². The first-order valence-corrected chi connectivity index (χ1v) is 10.3. The number of amides is 2. The number of carbonyl (C=O) groups is 2. The van der Waals surface area contributed by atoms with E-state index >= 15 is 0 Å². The van der Waals surface area contributed by atoms with Gasteiger partial charge in [-0.3, -0.25) is 9.59 Å². The van der Waals surface area contributed by atoms with E-state index in [2.05, 4.69) is 10.3 Å². The minimum absolute atomic E-state index is 0.0242. The SMILES string of the molecule is COc1ccc(-c2csc(NC(=O)[C@@H]3CS[C@@]4(C)CCC(=O)N34)n2)cc1F. The molecule has 2 atom stereocenters. The van der Waals surface area contributed by atoms with Crippen LogP contribution in [0.15, 0.2) is 23.6 Å². The number of thiazole rings is 1. The number of nitrogens with one attached hydrogen (secondary N) is 1. The number of nitrogens with zero attached hydrogens (tertiary/aromatic N) is 2. The van der Waals surface area contributed by atoms with Crippen molar-refractivity contribution >= 4 is 40.0 Å². The summed E-state index contributed by atoms with van der Waals surface area (Å²) in [6.07, 6.45) is 1.25. The topological polar surface area (TPSA) is 71.5 Å². The first kappa shape index (κ1) is 18.2. The number of hydrogen-bond donors (Lipinski definition) is 1. The Kier molecular flexibility index (Phi) is 4.59. The third-order valence-corrected chi connectivity index (χ3v) is 7.19. The second kappa shape index (κ2) is 6.79. The quantitative estimate of drug-likeness (QED) is 0.842. The van der Waals surface area contributed by atoms with E-state index < -0.39 is 11.9 Å². The molecular weight excluding hydrogens is 389 g/mol. The van der Waals surface area contributed by atoms with Crippen LogP contribution in [-0.4, -0.2) is 45.5 Å². The number of anilines is 1. The number of benzene rings is 1. The lowest BCUT2D eigenvalue weighted by molar-refractivity contribution is -0.135. The molecule has 3 heterocycles. The average Bonchev–Trinajstić information content (AvgIpc) is 3.31. The Morgan fingerprint density at radius 2 is 2.30 bits per heavy atom. The largest absolute Gasteiger partial charge is 0.494 e. The van der Waals surface area contributed by atoms with Gasteiger partial charge in [0.15, 0.2) is 16.7 Å². The van der Waals surface area contributed by atoms with Gasteiger partial charge in [-0.2, -0.15) is 0 Å². The summed E-state index contributed by atoms with van der Waals surface area (Å²) >= 11 is 2.91. The van der Waals surface area contributed by atoms with E-state index in [-0.39, 0.29) is 22.4 Å². The Balaban J connectivity index is 1.49. The molecule has 0 spiro atoms. The van der Waals surface area contributed by atoms with E-state index in [0.29, 0.717) is 28.6 Å². The molecule has 6 nitrogen and oxygen atoms in total. The second-order valence-electron chi connectivity index (χ2n) is 6.64. The molecule has 4 rings (SSSR count). The van der Waals surface area contributed by atoms with Crippen molar-refractivity contribution in [2.45, 2.75) is 30.7 Å². The van der Waals surface area contributed by atoms with E-state index in [0.717, 1.165) is 6.42 Å². The lowest BCUT2D eigenvalue weighted by atomic mass is 10.1. The standard InChI is InChI=1S/C18H18FN3O3S2/c1-18-6-5-15(23)22(18)13(9-27-18)16(24)21-17-20-12(8-26-17)10-3-4-14(25-2)11(19)7-10/h3-4,7-8,13H,5-6,9H2,1-2H3,(H,20,21,24)/t13-,18-/m0/s1. The smallest absolute Gasteiger partial charge is 0.249 e. The van der Waals surface area contributed by atoms with Gasteiger partial charge in [0.1, 0.15) is 6.04 Å². The normalized spacial score (nSPS) is 24.2. The van der Waals surface area contributed by atoms with E-state index in [1.807, 2.05) is 6.92 Å². The molecular formula is C18H18FN3O3S2. The number of fused-ring (bicyclic) bond motifs is 1. The predicted molar refractivity (Wildman–Crippen MR) is 103 cm³/mol. The third-order valence-electron chi connectivity index (χ3n) is 4.93. The lowest BCUT2D eigenvalue weighted by Gasteiger charge is -2.29. The molecule has 9 heteroatoms. The Morgan fingerprint density at radius 3 is 3.04 bits per heavy atom. The van der Waals surface area contributed by atoms with Crippen molar-refractivity contribution in [3.8, 4) is 17.0 Å². The van der Waals surface area contributed by atoms with Crippen LogP contribution >= 0.6 is 23.1 Å². The number of methoxy groups -OCH3 is 1. The number of rotatable bonds is 4. The summed E-state index contributed by atoms with van der Waals surface area (Å²) in [5, 5.41) is 4.99. The molecule has 2 fully saturated rings. The van der Waals surface area contributed by atoms with Gasteiger partial charge in [-0.1, -0.05) is 0 Å². The Morgan fingerprint density at radius 1 is 1.48 bits per heavy atom. The van der Waals surface area contributed by atoms with Crippen molar-refractivity contribution in [3.05, 3.63) is 29.4 Å². The predicted octanol–water partition coefficient (Wildman–Crippen LogP) is 3.35. The van der Waals surface area contributed by atoms with Gasteiger partial charge in [0, 0.05) is 23.1 Å². The van der Waals surface area contributed by atoms with Crippen molar-refractivity contribution in [3.63, 3.8) is 0 Å². The monoisotopic (exact) mass is 407 g/mol. The summed E-state index contributed by atoms with van der Waals surface area (Å²) < 4.78 is 18.8. The number of ether oxygens (including phenoxy) is 1. The number of thioether (sulfide) groups is 1. The molecule has 0 unspecified atom stereocenters. The van der Waals surface area contributed by atoms with E-state index in [1.54, 1.807) is 28.1 Å². The molecule has 1 aromatic heterocycles. The van der Waals surface area contributed by atoms with Gasteiger partial charge in [0.25, 0.3) is 0 Å². The summed E-state index contributed by atoms with van der Waals surface area (Å²) in [7, 11) is 1.41. The van der Waals surface area contributed by atoms with E-state index in [4.69, 9.17) is 4.74 Å². The molecule has 1 N–H and O–H groups in total. The van der Waals surface area contributed by atoms with Gasteiger partial charge in [-0.15, -0.1) is 23.1 Å². The fraction of sp³-hybridized carbons (Fsp3) is 0.389. The van der Waals surface area contributed by atoms with Crippen molar-refractivity contribution in [1.82, 2.24) is 9.88 Å². The minimum Gasteiger partial charge on any atom is -0.494 e. The fourth-order valence-corrected chi connectivity index (χ4v) is 5.65. The number of carbonyl (C=O) groups excluding carboxylic acids is 2. The van der Waals surface area contributed by atoms with Gasteiger partial charge in [0.05, 0.1) is 17.7 Å². The highest BCUT2D eigenvalue weighted by molar-refractivity contribution is 8.01. The van der Waals surface area contributed by atoms with Crippen molar-refractivity contribution in [1.29, 1.82) is 0 Å². The van der Waals surface area contributed by atoms with Gasteiger partial charge in [0.2, 0.25) is 11.8 Å². The molecule has 0 aliphatic carbocycles. The highest BCUT2D eigenvalue weighted by Crippen LogP contribution is 2.47. The second-order valence-corrected chi connectivity index (χ2v) is 9.00. The van der Waals surface area contributed by atoms with Crippen LogP contribution in [0.4, 0.5) is 9.52 Å². The maximum absolute atomic E-state index is 13.9. The molecule has 2 aliphatic rings. The van der Waals surface area contributed by atoms with Crippen LogP contribution in [0.3, 0.4) is 0 Å². The maximum Gasteiger partial charge on any atom is 0.249 e. The molecule has 2 amide bonds. The summed E-state index contributed by atoms with van der Waals surface area (Å²) in [6.45, 7) is 2.01. The van der Waals surface area contributed by atoms with Gasteiger partial charge >= 0.3 is 0 Å². The Hall–Kier alpha value is -2.13. The highest BCUT2D eigenvalue weighted by atomic mass is 32.2. The van der Waals surface area contributed by atoms with Gasteiger partial charge < -0.3 is 15.0 Å². The van der Waals surface area contributed by atoms with Crippen LogP contribution in [0.25, 0.3) is 11.3 Å². The molecule has 2 aliphatic heterocycles. The Labute approximate surface area is 164 Å². The molecule has 1 aromatic carbocycles. The molecule has 27 heavy (non-hydrogen) atoms. The summed E-state index contributed by atoms with van der Waals surface area (Å²) in [4.78, 5) is 30.7. The van der Waals surface area contributed by atoms with Crippen LogP contribution in [0.5, 0.6) is 5.75 Å². The zero-order valence-corrected chi connectivity index (χ0v) is 16.5. The van der Waals surface area contributed by atoms with Crippen LogP contribution in [0.2, 0.25) is 0 Å². The van der Waals surface area contributed by atoms with Crippen LogP contribution in [0.1, 0.15) is 19.8 Å². The molecule has 0 radical (unpaired) electrons. The molecule has 2 aromatic rings. The van der Waals surface area contributed by atoms with Gasteiger partial charge in [-0.05, 0) is 31.5 Å². The number of hydrogen-bond acceptors (Lipinski definition) is 6. The van der Waals surface area contributed by atoms with Crippen molar-refractivity contribution in [2.24, 2.45) is 0 Å². The summed E-state index contributed by atoms with van der Waals surface area (Å²) in [5.41, 5.74) is 1.17. The van der Waals surface area contributed by atoms with Crippen LogP contribution in [-0.2, 0) is 9.59 Å². The first-order chi connectivity index (χ1) is 12.9. The summed E-state index contributed by atoms with van der Waals surface area (Å²) in [5.74, 6) is 0.0677. The van der Waals surface area contributed by atoms with Crippen LogP contribution in [0, 0.1) is 5.82 Å². The highest BCUT2D eigenvalue weighted by Gasteiger charge is 2.52. The van der Waals surface area contributed by atoms with Crippen molar-refractivity contribution < 1.29 is 18.7 Å². The zero-order chi connectivity index (χ0) is 19.2. The fourth-order valence-electron chi connectivity index (χ4n) is 3.49. The lowest BCUT2D eigenvalue weighted by Crippen LogP contribution is -2.48. The molecule has 2 saturated heterocycles. The Bertz CT molecular complexity index is 919. The first-order valence-electron chi connectivity index (χ1n) is 8.48. The van der Waals surface area contributed by atoms with Crippen molar-refractivity contribution in [2.75, 3.05) is 18.2 Å². The molecule has 0 saturated carbocycles. The summed E-state index contributed by atoms with van der Waals surface area (Å²) in [6, 6.07) is 4.12. The zero-order valence-electron chi connectivity index (χ0n) is 14.8. The number of aromatic nitrogens is 1. The maximum atomic E-state index is 13.9. The number of halogens is 1. The third kappa shape index (κ3) is 3.19. The minimum atomic E-state index is -0.485. The van der Waals surface area contributed by atoms with E-state index in [9.17, 15) is 14.0 Å². The van der Waals surface area contributed by atoms with Crippen LogP contribution < -0.4 is 10.1 Å². The molecule has 142 valence electrons. The molecule has 0 bridgehead atoms. The average molecular weight is 407 g/mol.